The van der Waals surface area contributed by atoms with E-state index in [2.05, 4.69) is 31.4 Å². The van der Waals surface area contributed by atoms with Gasteiger partial charge in [0.15, 0.2) is 0 Å². The van der Waals surface area contributed by atoms with E-state index in [-0.39, 0.29) is 5.41 Å². The SMILES string of the molecule is CC(C)(C)c1ccc(C2(C)NC(=O)N(CC(=O)Nc3ccccc3C#N)C2=O)cc1. The van der Waals surface area contributed by atoms with Crippen LogP contribution in [0.2, 0.25) is 0 Å². The first-order valence-corrected chi connectivity index (χ1v) is 9.60. The van der Waals surface area contributed by atoms with Gasteiger partial charge in [-0.25, -0.2) is 4.79 Å². The number of hydrogen-bond donors (Lipinski definition) is 2. The Morgan fingerprint density at radius 1 is 1.13 bits per heavy atom. The average Bonchev–Trinajstić information content (AvgIpc) is 2.92. The van der Waals surface area contributed by atoms with Crippen molar-refractivity contribution in [2.75, 3.05) is 11.9 Å². The van der Waals surface area contributed by atoms with Gasteiger partial charge < -0.3 is 10.6 Å². The third-order valence-electron chi connectivity index (χ3n) is 5.23. The maximum atomic E-state index is 13.0. The van der Waals surface area contributed by atoms with E-state index in [4.69, 9.17) is 5.26 Å². The highest BCUT2D eigenvalue weighted by molar-refractivity contribution is 6.10. The molecule has 0 aromatic heterocycles. The van der Waals surface area contributed by atoms with Gasteiger partial charge in [-0.2, -0.15) is 5.26 Å². The Morgan fingerprint density at radius 2 is 1.77 bits per heavy atom. The maximum absolute atomic E-state index is 13.0. The molecule has 1 saturated heterocycles. The molecular formula is C23H24N4O3. The monoisotopic (exact) mass is 404 g/mol. The maximum Gasteiger partial charge on any atom is 0.325 e. The summed E-state index contributed by atoms with van der Waals surface area (Å²) in [6.45, 7) is 7.47. The molecule has 7 nitrogen and oxygen atoms in total. The molecule has 1 unspecified atom stereocenters. The van der Waals surface area contributed by atoms with Gasteiger partial charge in [0, 0.05) is 0 Å². The third-order valence-corrected chi connectivity index (χ3v) is 5.23. The standard InChI is InChI=1S/C23H24N4O3/c1-22(2,3)16-9-11-17(12-10-16)23(4)20(29)27(21(30)26-23)14-19(28)25-18-8-6-5-7-15(18)13-24/h5-12H,14H2,1-4H3,(H,25,28)(H,26,30). The summed E-state index contributed by atoms with van der Waals surface area (Å²) in [4.78, 5) is 38.8. The number of rotatable bonds is 4. The zero-order valence-corrected chi connectivity index (χ0v) is 17.4. The second kappa shape index (κ2) is 7.64. The van der Waals surface area contributed by atoms with Crippen LogP contribution in [0.25, 0.3) is 0 Å². The number of hydrogen-bond acceptors (Lipinski definition) is 4. The molecule has 1 fully saturated rings. The van der Waals surface area contributed by atoms with Crippen molar-refractivity contribution in [2.24, 2.45) is 0 Å². The lowest BCUT2D eigenvalue weighted by Crippen LogP contribution is -2.42. The van der Waals surface area contributed by atoms with Crippen molar-refractivity contribution in [3.63, 3.8) is 0 Å². The van der Waals surface area contributed by atoms with E-state index in [1.807, 2.05) is 30.3 Å². The molecular weight excluding hydrogens is 380 g/mol. The van der Waals surface area contributed by atoms with Crippen molar-refractivity contribution < 1.29 is 14.4 Å². The smallest absolute Gasteiger partial charge is 0.323 e. The van der Waals surface area contributed by atoms with Crippen LogP contribution in [-0.4, -0.2) is 29.3 Å². The fourth-order valence-electron chi connectivity index (χ4n) is 3.36. The van der Waals surface area contributed by atoms with Crippen LogP contribution in [0.15, 0.2) is 48.5 Å². The molecule has 2 aromatic carbocycles. The summed E-state index contributed by atoms with van der Waals surface area (Å²) >= 11 is 0. The number of carbonyl (C=O) groups is 3. The predicted molar refractivity (Wildman–Crippen MR) is 113 cm³/mol. The van der Waals surface area contributed by atoms with Crippen molar-refractivity contribution in [1.82, 2.24) is 10.2 Å². The number of amides is 4. The van der Waals surface area contributed by atoms with Crippen LogP contribution in [0, 0.1) is 11.3 Å². The van der Waals surface area contributed by atoms with E-state index in [0.717, 1.165) is 10.5 Å². The van der Waals surface area contributed by atoms with Gasteiger partial charge in [0.05, 0.1) is 11.3 Å². The fraction of sp³-hybridized carbons (Fsp3) is 0.304. The Morgan fingerprint density at radius 3 is 2.37 bits per heavy atom. The number of urea groups is 1. The summed E-state index contributed by atoms with van der Waals surface area (Å²) in [5, 5.41) is 14.4. The van der Waals surface area contributed by atoms with E-state index in [9.17, 15) is 14.4 Å². The first kappa shape index (κ1) is 21.1. The molecule has 2 aromatic rings. The van der Waals surface area contributed by atoms with Crippen LogP contribution in [0.4, 0.5) is 10.5 Å². The van der Waals surface area contributed by atoms with Gasteiger partial charge in [-0.1, -0.05) is 57.2 Å². The number of benzene rings is 2. The van der Waals surface area contributed by atoms with Gasteiger partial charge in [-0.3, -0.25) is 14.5 Å². The van der Waals surface area contributed by atoms with Crippen LogP contribution < -0.4 is 10.6 Å². The molecule has 1 aliphatic heterocycles. The number of imide groups is 1. The van der Waals surface area contributed by atoms with Gasteiger partial charge in [-0.15, -0.1) is 0 Å². The van der Waals surface area contributed by atoms with Gasteiger partial charge in [-0.05, 0) is 35.6 Å². The zero-order valence-electron chi connectivity index (χ0n) is 17.4. The summed E-state index contributed by atoms with van der Waals surface area (Å²) in [6, 6.07) is 15.4. The Kier molecular flexibility index (Phi) is 5.36. The van der Waals surface area contributed by atoms with Crippen molar-refractivity contribution in [3.8, 4) is 6.07 Å². The van der Waals surface area contributed by atoms with E-state index in [1.165, 1.54) is 0 Å². The minimum Gasteiger partial charge on any atom is -0.323 e. The first-order valence-electron chi connectivity index (χ1n) is 9.60. The molecule has 2 N–H and O–H groups in total. The highest BCUT2D eigenvalue weighted by Gasteiger charge is 2.49. The minimum atomic E-state index is -1.25. The Hall–Kier alpha value is -3.66. The molecule has 0 radical (unpaired) electrons. The zero-order chi connectivity index (χ0) is 22.1. The largest absolute Gasteiger partial charge is 0.325 e. The van der Waals surface area contributed by atoms with E-state index in [0.29, 0.717) is 16.8 Å². The normalized spacial score (nSPS) is 18.7. The van der Waals surface area contributed by atoms with Crippen molar-refractivity contribution in [3.05, 3.63) is 65.2 Å². The highest BCUT2D eigenvalue weighted by atomic mass is 16.2. The molecule has 30 heavy (non-hydrogen) atoms. The molecule has 0 aliphatic carbocycles. The molecule has 7 heteroatoms. The molecule has 0 bridgehead atoms. The summed E-state index contributed by atoms with van der Waals surface area (Å²) in [5.41, 5.74) is 1.10. The Labute approximate surface area is 175 Å². The Bertz CT molecular complexity index is 1050. The first-order chi connectivity index (χ1) is 14.1. The number of nitrogens with one attached hydrogen (secondary N) is 2. The van der Waals surface area contributed by atoms with Crippen LogP contribution in [0.5, 0.6) is 0 Å². The summed E-state index contributed by atoms with van der Waals surface area (Å²) in [5.74, 6) is -1.06. The lowest BCUT2D eigenvalue weighted by molar-refractivity contribution is -0.133. The number of nitriles is 1. The third kappa shape index (κ3) is 3.90. The van der Waals surface area contributed by atoms with Crippen molar-refractivity contribution in [1.29, 1.82) is 5.26 Å². The predicted octanol–water partition coefficient (Wildman–Crippen LogP) is 3.26. The van der Waals surface area contributed by atoms with Crippen molar-refractivity contribution in [2.45, 2.75) is 38.6 Å². The van der Waals surface area contributed by atoms with Crippen LogP contribution >= 0.6 is 0 Å². The summed E-state index contributed by atoms with van der Waals surface area (Å²) < 4.78 is 0. The van der Waals surface area contributed by atoms with Gasteiger partial charge >= 0.3 is 6.03 Å². The minimum absolute atomic E-state index is 0.0355. The fourth-order valence-corrected chi connectivity index (χ4v) is 3.36. The molecule has 3 rings (SSSR count). The average molecular weight is 404 g/mol. The van der Waals surface area contributed by atoms with Crippen LogP contribution in [-0.2, 0) is 20.5 Å². The molecule has 4 amide bonds. The quantitative estimate of drug-likeness (QED) is 0.764. The molecule has 0 saturated carbocycles. The number of nitrogens with zero attached hydrogens (tertiary/aromatic N) is 2. The topological polar surface area (TPSA) is 102 Å². The number of carbonyl (C=O) groups excluding carboxylic acids is 3. The van der Waals surface area contributed by atoms with Gasteiger partial charge in [0.25, 0.3) is 5.91 Å². The number of anilines is 1. The molecule has 1 heterocycles. The molecule has 1 aliphatic rings. The second-order valence-electron chi connectivity index (χ2n) is 8.48. The number of para-hydroxylation sites is 1. The summed E-state index contributed by atoms with van der Waals surface area (Å²) in [6.07, 6.45) is 0. The lowest BCUT2D eigenvalue weighted by atomic mass is 9.84. The van der Waals surface area contributed by atoms with Crippen molar-refractivity contribution >= 4 is 23.5 Å². The summed E-state index contributed by atoms with van der Waals surface area (Å²) in [7, 11) is 0. The van der Waals surface area contributed by atoms with E-state index < -0.39 is 29.9 Å². The second-order valence-corrected chi connectivity index (χ2v) is 8.48. The molecule has 0 spiro atoms. The van der Waals surface area contributed by atoms with Crippen LogP contribution in [0.1, 0.15) is 44.4 Å². The van der Waals surface area contributed by atoms with Gasteiger partial charge in [0.1, 0.15) is 18.2 Å². The molecule has 154 valence electrons. The van der Waals surface area contributed by atoms with Gasteiger partial charge in [0.2, 0.25) is 5.91 Å². The highest BCUT2D eigenvalue weighted by Crippen LogP contribution is 2.31. The van der Waals surface area contributed by atoms with E-state index >= 15 is 0 Å². The molecule has 1 atom stereocenters. The van der Waals surface area contributed by atoms with Crippen LogP contribution in [0.3, 0.4) is 0 Å². The Balaban J connectivity index is 1.77. The van der Waals surface area contributed by atoms with E-state index in [1.54, 1.807) is 31.2 Å². The lowest BCUT2D eigenvalue weighted by Gasteiger charge is -2.24.